The fraction of sp³-hybridized carbons (Fsp3) is 0.231. The average Bonchev–Trinajstić information content (AvgIpc) is 2.82. The quantitative estimate of drug-likeness (QED) is 0.873. The van der Waals surface area contributed by atoms with Gasteiger partial charge in [0.2, 0.25) is 10.0 Å². The molecule has 0 unspecified atom stereocenters. The molecule has 0 bridgehead atoms. The highest BCUT2D eigenvalue weighted by Crippen LogP contribution is 2.33. The van der Waals surface area contributed by atoms with Crippen LogP contribution < -0.4 is 0 Å². The molecule has 0 aliphatic carbocycles. The van der Waals surface area contributed by atoms with E-state index in [0.29, 0.717) is 15.2 Å². The number of rotatable bonds is 5. The van der Waals surface area contributed by atoms with Gasteiger partial charge in [-0.2, -0.15) is 4.31 Å². The standard InChI is InChI=1S/C13H14BrNO3S2/c1-15(8-10-5-3-2-4-6-10)20(17,18)12-7-11(9-16)19-13(12)14/h2-7,16H,8-9H2,1H3. The second kappa shape index (κ2) is 6.36. The SMILES string of the molecule is CN(Cc1ccccc1)S(=O)(=O)c1cc(CO)sc1Br. The van der Waals surface area contributed by atoms with Crippen LogP contribution in [0.15, 0.2) is 45.1 Å². The summed E-state index contributed by atoms with van der Waals surface area (Å²) in [6, 6.07) is 10.9. The monoisotopic (exact) mass is 375 g/mol. The van der Waals surface area contributed by atoms with E-state index in [1.165, 1.54) is 21.7 Å². The van der Waals surface area contributed by atoms with E-state index in [2.05, 4.69) is 15.9 Å². The van der Waals surface area contributed by atoms with Crippen LogP contribution in [0.3, 0.4) is 0 Å². The lowest BCUT2D eigenvalue weighted by atomic mass is 10.2. The highest BCUT2D eigenvalue weighted by atomic mass is 79.9. The maximum absolute atomic E-state index is 12.5. The maximum Gasteiger partial charge on any atom is 0.245 e. The molecular formula is C13H14BrNO3S2. The molecule has 2 rings (SSSR count). The number of thiophene rings is 1. The van der Waals surface area contributed by atoms with Gasteiger partial charge in [-0.3, -0.25) is 0 Å². The first-order valence-electron chi connectivity index (χ1n) is 5.84. The Kier molecular flexibility index (Phi) is 4.98. The van der Waals surface area contributed by atoms with Gasteiger partial charge in [-0.05, 0) is 27.6 Å². The minimum Gasteiger partial charge on any atom is -0.391 e. The molecule has 4 nitrogen and oxygen atoms in total. The number of hydrogen-bond acceptors (Lipinski definition) is 4. The Balaban J connectivity index is 2.27. The summed E-state index contributed by atoms with van der Waals surface area (Å²) >= 11 is 4.47. The normalized spacial score (nSPS) is 12.0. The van der Waals surface area contributed by atoms with E-state index in [1.54, 1.807) is 7.05 Å². The van der Waals surface area contributed by atoms with Crippen LogP contribution in [0, 0.1) is 0 Å². The topological polar surface area (TPSA) is 57.6 Å². The molecule has 0 aliphatic heterocycles. The first-order chi connectivity index (χ1) is 9.45. The smallest absolute Gasteiger partial charge is 0.245 e. The summed E-state index contributed by atoms with van der Waals surface area (Å²) in [7, 11) is -2.02. The van der Waals surface area contributed by atoms with E-state index in [1.807, 2.05) is 30.3 Å². The first kappa shape index (κ1) is 15.7. The molecule has 0 fully saturated rings. The molecule has 0 radical (unpaired) electrons. The molecule has 0 spiro atoms. The molecule has 0 atom stereocenters. The van der Waals surface area contributed by atoms with Crippen molar-refractivity contribution in [2.75, 3.05) is 7.05 Å². The van der Waals surface area contributed by atoms with Crippen LogP contribution in [-0.4, -0.2) is 24.9 Å². The minimum absolute atomic E-state index is 0.165. The average molecular weight is 376 g/mol. The van der Waals surface area contributed by atoms with Gasteiger partial charge in [-0.15, -0.1) is 11.3 Å². The number of halogens is 1. The zero-order chi connectivity index (χ0) is 14.8. The molecule has 1 heterocycles. The molecule has 0 aliphatic rings. The van der Waals surface area contributed by atoms with Crippen molar-refractivity contribution >= 4 is 37.3 Å². The highest BCUT2D eigenvalue weighted by Gasteiger charge is 2.25. The number of aliphatic hydroxyl groups is 1. The molecular weight excluding hydrogens is 362 g/mol. The van der Waals surface area contributed by atoms with Crippen molar-refractivity contribution in [3.63, 3.8) is 0 Å². The van der Waals surface area contributed by atoms with Gasteiger partial charge in [0.1, 0.15) is 4.90 Å². The Bertz CT molecular complexity index is 683. The van der Waals surface area contributed by atoms with Crippen LogP contribution in [0.1, 0.15) is 10.4 Å². The molecule has 0 amide bonds. The van der Waals surface area contributed by atoms with E-state index >= 15 is 0 Å². The predicted molar refractivity (Wildman–Crippen MR) is 83.0 cm³/mol. The zero-order valence-corrected chi connectivity index (χ0v) is 14.0. The Hall–Kier alpha value is -0.730. The number of nitrogens with zero attached hydrogens (tertiary/aromatic N) is 1. The van der Waals surface area contributed by atoms with Crippen LogP contribution in [0.2, 0.25) is 0 Å². The molecule has 108 valence electrons. The van der Waals surface area contributed by atoms with Crippen LogP contribution in [0.4, 0.5) is 0 Å². The van der Waals surface area contributed by atoms with E-state index in [4.69, 9.17) is 5.11 Å². The number of hydrogen-bond donors (Lipinski definition) is 1. The molecule has 2 aromatic rings. The largest absolute Gasteiger partial charge is 0.391 e. The van der Waals surface area contributed by atoms with Crippen LogP contribution >= 0.6 is 27.3 Å². The molecule has 20 heavy (non-hydrogen) atoms. The van der Waals surface area contributed by atoms with E-state index in [9.17, 15) is 8.42 Å². The van der Waals surface area contributed by atoms with Gasteiger partial charge < -0.3 is 5.11 Å². The van der Waals surface area contributed by atoms with Crippen LogP contribution in [-0.2, 0) is 23.2 Å². The summed E-state index contributed by atoms with van der Waals surface area (Å²) in [5.41, 5.74) is 0.923. The summed E-state index contributed by atoms with van der Waals surface area (Å²) in [5.74, 6) is 0. The Labute approximate surface area is 130 Å². The van der Waals surface area contributed by atoms with Crippen molar-refractivity contribution in [3.8, 4) is 0 Å². The second-order valence-electron chi connectivity index (χ2n) is 4.26. The number of benzene rings is 1. The molecule has 7 heteroatoms. The second-order valence-corrected chi connectivity index (χ2v) is 8.72. The number of aliphatic hydroxyl groups excluding tert-OH is 1. The van der Waals surface area contributed by atoms with Crippen molar-refractivity contribution in [1.82, 2.24) is 4.31 Å². The van der Waals surface area contributed by atoms with Gasteiger partial charge in [0.05, 0.1) is 10.4 Å². The van der Waals surface area contributed by atoms with Crippen molar-refractivity contribution in [1.29, 1.82) is 0 Å². The van der Waals surface area contributed by atoms with Gasteiger partial charge in [0, 0.05) is 18.5 Å². The zero-order valence-electron chi connectivity index (χ0n) is 10.8. The molecule has 1 N–H and O–H groups in total. The number of sulfonamides is 1. The third kappa shape index (κ3) is 3.29. The van der Waals surface area contributed by atoms with Crippen molar-refractivity contribution in [2.45, 2.75) is 18.0 Å². The lowest BCUT2D eigenvalue weighted by Crippen LogP contribution is -2.26. The fourth-order valence-electron chi connectivity index (χ4n) is 1.74. The third-order valence-corrected chi connectivity index (χ3v) is 6.84. The molecule has 1 aromatic carbocycles. The van der Waals surface area contributed by atoms with Gasteiger partial charge in [0.25, 0.3) is 0 Å². The van der Waals surface area contributed by atoms with E-state index in [-0.39, 0.29) is 11.5 Å². The van der Waals surface area contributed by atoms with Gasteiger partial charge >= 0.3 is 0 Å². The van der Waals surface area contributed by atoms with Gasteiger partial charge in [0.15, 0.2) is 0 Å². The summed E-state index contributed by atoms with van der Waals surface area (Å²) in [5, 5.41) is 9.10. The lowest BCUT2D eigenvalue weighted by Gasteiger charge is -2.16. The van der Waals surface area contributed by atoms with E-state index in [0.717, 1.165) is 5.56 Å². The van der Waals surface area contributed by atoms with Crippen molar-refractivity contribution in [3.05, 3.63) is 50.6 Å². The first-order valence-corrected chi connectivity index (χ1v) is 8.89. The third-order valence-electron chi connectivity index (χ3n) is 2.80. The van der Waals surface area contributed by atoms with Crippen LogP contribution in [0.25, 0.3) is 0 Å². The van der Waals surface area contributed by atoms with Crippen molar-refractivity contribution in [2.24, 2.45) is 0 Å². The summed E-state index contributed by atoms with van der Waals surface area (Å²) in [6.07, 6.45) is 0. The summed E-state index contributed by atoms with van der Waals surface area (Å²) in [6.45, 7) is 0.140. The summed E-state index contributed by atoms with van der Waals surface area (Å²) < 4.78 is 26.8. The maximum atomic E-state index is 12.5. The van der Waals surface area contributed by atoms with Crippen LogP contribution in [0.5, 0.6) is 0 Å². The molecule has 0 saturated carbocycles. The van der Waals surface area contributed by atoms with Crippen molar-refractivity contribution < 1.29 is 13.5 Å². The lowest BCUT2D eigenvalue weighted by molar-refractivity contribution is 0.285. The highest BCUT2D eigenvalue weighted by molar-refractivity contribution is 9.11. The van der Waals surface area contributed by atoms with Gasteiger partial charge in [-0.25, -0.2) is 8.42 Å². The Morgan fingerprint density at radius 2 is 1.95 bits per heavy atom. The molecule has 1 aromatic heterocycles. The molecule has 0 saturated heterocycles. The van der Waals surface area contributed by atoms with Gasteiger partial charge in [-0.1, -0.05) is 30.3 Å². The van der Waals surface area contributed by atoms with E-state index < -0.39 is 10.0 Å². The minimum atomic E-state index is -3.57. The Morgan fingerprint density at radius 3 is 2.50 bits per heavy atom. The fourth-order valence-corrected chi connectivity index (χ4v) is 5.39. The summed E-state index contributed by atoms with van der Waals surface area (Å²) in [4.78, 5) is 0.813. The predicted octanol–water partition coefficient (Wildman–Crippen LogP) is 2.82. The Morgan fingerprint density at radius 1 is 1.30 bits per heavy atom.